The van der Waals surface area contributed by atoms with Gasteiger partial charge in [0, 0.05) is 22.6 Å². The minimum atomic E-state index is -0.537. The average Bonchev–Trinajstić information content (AvgIpc) is 2.44. The lowest BCUT2D eigenvalue weighted by Crippen LogP contribution is -2.37. The maximum Gasteiger partial charge on any atom is 0.260 e. The number of rotatable bonds is 8. The van der Waals surface area contributed by atoms with Crippen LogP contribution in [0.4, 0.5) is 0 Å². The Bertz CT molecular complexity index is 464. The summed E-state index contributed by atoms with van der Waals surface area (Å²) in [4.78, 5) is 12.0. The maximum absolute atomic E-state index is 12.0. The van der Waals surface area contributed by atoms with E-state index in [9.17, 15) is 4.79 Å². The molecule has 0 aliphatic carbocycles. The van der Waals surface area contributed by atoms with Crippen molar-refractivity contribution in [1.29, 1.82) is 0 Å². The quantitative estimate of drug-likeness (QED) is 0.700. The van der Waals surface area contributed by atoms with Crippen LogP contribution in [-0.4, -0.2) is 18.6 Å². The van der Waals surface area contributed by atoms with Crippen molar-refractivity contribution in [3.8, 4) is 5.75 Å². The van der Waals surface area contributed by atoms with Crippen molar-refractivity contribution in [2.45, 2.75) is 52.2 Å². The summed E-state index contributed by atoms with van der Waals surface area (Å²) in [5.74, 6) is 0.564. The largest absolute Gasteiger partial charge is 0.481 e. The smallest absolute Gasteiger partial charge is 0.260 e. The van der Waals surface area contributed by atoms with E-state index in [-0.39, 0.29) is 11.9 Å². The van der Waals surface area contributed by atoms with Crippen LogP contribution in [0.5, 0.6) is 5.75 Å². The first-order valence-electron chi connectivity index (χ1n) is 7.45. The van der Waals surface area contributed by atoms with Gasteiger partial charge < -0.3 is 15.8 Å². The monoisotopic (exact) mass is 356 g/mol. The van der Waals surface area contributed by atoms with Crippen LogP contribution in [-0.2, 0) is 4.79 Å². The molecule has 0 saturated heterocycles. The highest BCUT2D eigenvalue weighted by Crippen LogP contribution is 2.28. The van der Waals surface area contributed by atoms with Gasteiger partial charge in [0.2, 0.25) is 0 Å². The third-order valence-electron chi connectivity index (χ3n) is 3.21. The van der Waals surface area contributed by atoms with Gasteiger partial charge >= 0.3 is 0 Å². The van der Waals surface area contributed by atoms with Crippen molar-refractivity contribution >= 4 is 21.8 Å². The molecule has 5 heteroatoms. The van der Waals surface area contributed by atoms with Crippen molar-refractivity contribution in [2.75, 3.05) is 6.54 Å². The predicted octanol–water partition coefficient (Wildman–Crippen LogP) is 3.54. The van der Waals surface area contributed by atoms with Crippen LogP contribution >= 0.6 is 15.9 Å². The van der Waals surface area contributed by atoms with Crippen molar-refractivity contribution in [1.82, 2.24) is 5.32 Å². The van der Waals surface area contributed by atoms with Gasteiger partial charge in [0.05, 0.1) is 0 Å². The molecule has 1 aromatic carbocycles. The number of carbonyl (C=O) groups is 1. The van der Waals surface area contributed by atoms with Crippen LogP contribution in [0.25, 0.3) is 0 Å². The number of unbranched alkanes of at least 4 members (excludes halogenated alkanes) is 2. The molecule has 21 heavy (non-hydrogen) atoms. The molecule has 0 bridgehead atoms. The minimum absolute atomic E-state index is 0.0929. The average molecular weight is 357 g/mol. The number of amides is 1. The van der Waals surface area contributed by atoms with Crippen LogP contribution in [0.2, 0.25) is 0 Å². The number of ether oxygens (including phenoxy) is 1. The zero-order valence-electron chi connectivity index (χ0n) is 13.0. The first-order chi connectivity index (χ1) is 9.95. The number of hydrogen-bond donors (Lipinski definition) is 2. The molecule has 0 heterocycles. The molecular formula is C16H25BrN2O2. The molecule has 118 valence electrons. The zero-order valence-corrected chi connectivity index (χ0v) is 14.6. The Morgan fingerprint density at radius 3 is 2.71 bits per heavy atom. The molecule has 0 aromatic heterocycles. The van der Waals surface area contributed by atoms with Crippen LogP contribution in [0.1, 0.15) is 51.6 Å². The minimum Gasteiger partial charge on any atom is -0.481 e. The van der Waals surface area contributed by atoms with Gasteiger partial charge in [-0.3, -0.25) is 4.79 Å². The highest BCUT2D eigenvalue weighted by molar-refractivity contribution is 9.10. The van der Waals surface area contributed by atoms with Crippen molar-refractivity contribution in [3.63, 3.8) is 0 Å². The van der Waals surface area contributed by atoms with Gasteiger partial charge in [-0.1, -0.05) is 35.7 Å². The maximum atomic E-state index is 12.0. The second kappa shape index (κ2) is 9.05. The van der Waals surface area contributed by atoms with Gasteiger partial charge in [-0.2, -0.15) is 0 Å². The zero-order chi connectivity index (χ0) is 15.8. The third kappa shape index (κ3) is 6.06. The molecule has 1 aromatic rings. The Balaban J connectivity index is 2.61. The molecular weight excluding hydrogens is 332 g/mol. The molecule has 0 aliphatic rings. The fourth-order valence-electron chi connectivity index (χ4n) is 1.96. The van der Waals surface area contributed by atoms with E-state index in [0.717, 1.165) is 29.3 Å². The summed E-state index contributed by atoms with van der Waals surface area (Å²) in [5, 5.41) is 2.89. The Morgan fingerprint density at radius 1 is 1.38 bits per heavy atom. The predicted molar refractivity (Wildman–Crippen MR) is 89.4 cm³/mol. The van der Waals surface area contributed by atoms with E-state index in [1.165, 1.54) is 0 Å². The molecule has 0 radical (unpaired) electrons. The first kappa shape index (κ1) is 18.0. The van der Waals surface area contributed by atoms with Crippen LogP contribution in [0, 0.1) is 0 Å². The molecule has 3 N–H and O–H groups in total. The molecule has 0 fully saturated rings. The fourth-order valence-corrected chi connectivity index (χ4v) is 2.34. The summed E-state index contributed by atoms with van der Waals surface area (Å²) in [6, 6.07) is 5.49. The Hall–Kier alpha value is -1.07. The van der Waals surface area contributed by atoms with Crippen molar-refractivity contribution in [3.05, 3.63) is 28.2 Å². The van der Waals surface area contributed by atoms with Gasteiger partial charge in [-0.05, 0) is 38.5 Å². The van der Waals surface area contributed by atoms with Crippen molar-refractivity contribution in [2.24, 2.45) is 5.73 Å². The highest BCUT2D eigenvalue weighted by atomic mass is 79.9. The van der Waals surface area contributed by atoms with E-state index in [0.29, 0.717) is 12.3 Å². The second-order valence-electron chi connectivity index (χ2n) is 5.23. The summed E-state index contributed by atoms with van der Waals surface area (Å²) in [6.07, 6.45) is 2.72. The fraction of sp³-hybridized carbons (Fsp3) is 0.562. The van der Waals surface area contributed by atoms with Gasteiger partial charge in [0.1, 0.15) is 5.75 Å². The summed E-state index contributed by atoms with van der Waals surface area (Å²) in [5.41, 5.74) is 6.83. The van der Waals surface area contributed by atoms with E-state index in [4.69, 9.17) is 10.5 Å². The van der Waals surface area contributed by atoms with E-state index in [1.807, 2.05) is 25.1 Å². The topological polar surface area (TPSA) is 64.3 Å². The number of benzene rings is 1. The van der Waals surface area contributed by atoms with Crippen LogP contribution in [0.3, 0.4) is 0 Å². The molecule has 2 atom stereocenters. The van der Waals surface area contributed by atoms with Gasteiger partial charge in [-0.15, -0.1) is 0 Å². The lowest BCUT2D eigenvalue weighted by molar-refractivity contribution is -0.127. The Kier molecular flexibility index (Phi) is 7.75. The molecule has 0 saturated carbocycles. The summed E-state index contributed by atoms with van der Waals surface area (Å²) < 4.78 is 6.71. The molecule has 0 aliphatic heterocycles. The number of hydrogen-bond acceptors (Lipinski definition) is 3. The third-order valence-corrected chi connectivity index (χ3v) is 3.71. The van der Waals surface area contributed by atoms with Crippen LogP contribution < -0.4 is 15.8 Å². The van der Waals surface area contributed by atoms with Gasteiger partial charge in [0.15, 0.2) is 6.10 Å². The van der Waals surface area contributed by atoms with E-state index in [2.05, 4.69) is 28.2 Å². The lowest BCUT2D eigenvalue weighted by Gasteiger charge is -2.19. The lowest BCUT2D eigenvalue weighted by atomic mass is 10.1. The van der Waals surface area contributed by atoms with Gasteiger partial charge in [-0.25, -0.2) is 0 Å². The Labute approximate surface area is 135 Å². The highest BCUT2D eigenvalue weighted by Gasteiger charge is 2.17. The standard InChI is InChI=1S/C16H25BrN2O2/c1-4-5-6-9-19-16(20)12(3)21-15-8-7-13(17)10-14(15)11(2)18/h7-8,10-12H,4-6,9,18H2,1-3H3,(H,19,20)/t11-,12?/m1/s1. The second-order valence-corrected chi connectivity index (χ2v) is 6.14. The normalized spacial score (nSPS) is 13.6. The summed E-state index contributed by atoms with van der Waals surface area (Å²) in [7, 11) is 0. The van der Waals surface area contributed by atoms with Gasteiger partial charge in [0.25, 0.3) is 5.91 Å². The molecule has 1 amide bonds. The van der Waals surface area contributed by atoms with Crippen molar-refractivity contribution < 1.29 is 9.53 Å². The number of nitrogens with two attached hydrogens (primary N) is 1. The molecule has 1 unspecified atom stereocenters. The van der Waals surface area contributed by atoms with E-state index >= 15 is 0 Å². The van der Waals surface area contributed by atoms with Crippen LogP contribution in [0.15, 0.2) is 22.7 Å². The number of carbonyl (C=O) groups excluding carboxylic acids is 1. The Morgan fingerprint density at radius 2 is 2.10 bits per heavy atom. The number of halogens is 1. The van der Waals surface area contributed by atoms with E-state index < -0.39 is 6.10 Å². The SMILES string of the molecule is CCCCCNC(=O)C(C)Oc1ccc(Br)cc1[C@@H](C)N. The van der Waals surface area contributed by atoms with E-state index in [1.54, 1.807) is 6.92 Å². The summed E-state index contributed by atoms with van der Waals surface area (Å²) in [6.45, 7) is 6.48. The number of nitrogens with one attached hydrogen (secondary N) is 1. The molecule has 0 spiro atoms. The molecule has 1 rings (SSSR count). The summed E-state index contributed by atoms with van der Waals surface area (Å²) >= 11 is 3.42. The molecule has 4 nitrogen and oxygen atoms in total. The first-order valence-corrected chi connectivity index (χ1v) is 8.24.